The number of nitrogen functional groups attached to an aromatic ring is 1. The summed E-state index contributed by atoms with van der Waals surface area (Å²) >= 11 is 12.4. The Kier molecular flexibility index (Phi) is 19.1. The normalized spacial score (nSPS) is 19.6. The molecule has 79 heavy (non-hydrogen) atoms. The second kappa shape index (κ2) is 25.3. The Labute approximate surface area is 469 Å². The van der Waals surface area contributed by atoms with E-state index in [2.05, 4.69) is 15.1 Å². The number of fused-ring (bicyclic) bond motifs is 4. The number of carbonyl (C=O) groups is 5. The van der Waals surface area contributed by atoms with Gasteiger partial charge in [0.15, 0.2) is 0 Å². The van der Waals surface area contributed by atoms with Crippen molar-refractivity contribution in [1.82, 2.24) is 29.4 Å². The molecule has 18 nitrogen and oxygen atoms in total. The van der Waals surface area contributed by atoms with Crippen molar-refractivity contribution >= 4 is 76.8 Å². The van der Waals surface area contributed by atoms with Crippen molar-refractivity contribution in [3.8, 4) is 11.5 Å². The summed E-state index contributed by atoms with van der Waals surface area (Å²) in [6.45, 7) is 15.6. The van der Waals surface area contributed by atoms with Crippen molar-refractivity contribution in [2.45, 2.75) is 90.0 Å². The van der Waals surface area contributed by atoms with Crippen LogP contribution in [-0.4, -0.2) is 161 Å². The fourth-order valence-electron chi connectivity index (χ4n) is 10.1. The van der Waals surface area contributed by atoms with E-state index in [-0.39, 0.29) is 58.7 Å². The molecule has 4 bridgehead atoms. The van der Waals surface area contributed by atoms with Gasteiger partial charge in [0.1, 0.15) is 34.3 Å². The van der Waals surface area contributed by atoms with Gasteiger partial charge in [0.25, 0.3) is 0 Å². The molecule has 4 heterocycles. The highest BCUT2D eigenvalue weighted by atomic mass is 35.5. The molecule has 22 heteroatoms. The summed E-state index contributed by atoms with van der Waals surface area (Å²) < 4.78 is 48.6. The molecule has 8 rings (SSSR count). The lowest BCUT2D eigenvalue weighted by molar-refractivity contribution is -0.141. The molecule has 4 aliphatic heterocycles. The average molecular weight is 1130 g/mol. The Balaban J connectivity index is 0.000000229. The zero-order valence-electron chi connectivity index (χ0n) is 45.6. The number of carbonyl (C=O) groups excluding carboxylic acids is 5. The van der Waals surface area contributed by atoms with E-state index in [1.807, 2.05) is 46.4 Å². The first kappa shape index (κ1) is 59.5. The standard InChI is InChI=1S/C29H35ClFN5O5.C28H34ClFN4O4/c1-29(2,3)41-28(39)35-16-21-14-34(13-18-5-8-20(31)9-6-18)15-22(17-35)36(21)26(37)10-7-19-11-25(40-4)23(30)12-24(19)33-27(32)38;1-28(2,3)38-27(36)33-16-21-14-32(13-18-5-8-20(30)9-6-18)15-22(17-33)34(21)26(35)10-7-19-11-25(37-4)23(29)12-24(19)31/h5-12,21-22H,13-17H2,1-4H3,(H3,32,33,38);5-12,21-22H,13-17,31H2,1-4H3/b2*10-7+. The SMILES string of the molecule is COc1cc(/C=C/C(=O)N2C3CN(Cc4ccc(F)cc4)CC2CN(C(=O)OC(C)(C)C)C3)c(N)cc1Cl.COc1cc(/C=C/C(=O)N2C3CN(Cc4ccc(F)cc4)CC2CN(C(=O)OC(C)(C)C)C3)c(NC(N)=O)cc1Cl. The Hall–Kier alpha value is -7.13. The van der Waals surface area contributed by atoms with Crippen molar-refractivity contribution < 1.29 is 51.7 Å². The fourth-order valence-corrected chi connectivity index (χ4v) is 10.6. The molecule has 4 unspecified atom stereocenters. The van der Waals surface area contributed by atoms with E-state index in [9.17, 15) is 32.8 Å². The van der Waals surface area contributed by atoms with E-state index in [4.69, 9.17) is 53.6 Å². The third-order valence-corrected chi connectivity index (χ3v) is 14.0. The molecule has 4 aliphatic rings. The number of ether oxygens (including phenoxy) is 4. The predicted molar refractivity (Wildman–Crippen MR) is 300 cm³/mol. The van der Waals surface area contributed by atoms with Crippen LogP contribution >= 0.6 is 23.2 Å². The monoisotopic (exact) mass is 1130 g/mol. The molecular weight excluding hydrogens is 1060 g/mol. The number of methoxy groups -OCH3 is 2. The first-order chi connectivity index (χ1) is 37.3. The van der Waals surface area contributed by atoms with Gasteiger partial charge in [-0.1, -0.05) is 47.5 Å². The lowest BCUT2D eigenvalue weighted by atomic mass is 9.99. The van der Waals surface area contributed by atoms with Crippen LogP contribution in [0.1, 0.15) is 63.8 Å². The van der Waals surface area contributed by atoms with Crippen LogP contribution in [-0.2, 0) is 32.2 Å². The molecule has 4 aromatic carbocycles. The number of benzene rings is 4. The van der Waals surface area contributed by atoms with Gasteiger partial charge in [-0.15, -0.1) is 0 Å². The number of nitrogens with two attached hydrogens (primary N) is 2. The van der Waals surface area contributed by atoms with Crippen LogP contribution in [0.2, 0.25) is 10.0 Å². The number of rotatable bonds is 11. The van der Waals surface area contributed by atoms with E-state index >= 15 is 0 Å². The van der Waals surface area contributed by atoms with E-state index in [1.165, 1.54) is 56.7 Å². The van der Waals surface area contributed by atoms with Crippen LogP contribution < -0.4 is 26.3 Å². The number of halogens is 4. The largest absolute Gasteiger partial charge is 0.495 e. The average Bonchev–Trinajstić information content (AvgIpc) is 3.41. The highest BCUT2D eigenvalue weighted by Crippen LogP contribution is 2.34. The molecule has 4 saturated heterocycles. The molecule has 0 aliphatic carbocycles. The fraction of sp³-hybridized carbons (Fsp3) is 0.421. The number of hydrogen-bond donors (Lipinski definition) is 3. The number of nitrogens with zero attached hydrogens (tertiary/aromatic N) is 6. The van der Waals surface area contributed by atoms with Crippen LogP contribution in [0.4, 0.5) is 34.5 Å². The van der Waals surface area contributed by atoms with Crippen LogP contribution in [0.15, 0.2) is 84.9 Å². The van der Waals surface area contributed by atoms with Crippen molar-refractivity contribution in [3.63, 3.8) is 0 Å². The van der Waals surface area contributed by atoms with Gasteiger partial charge in [0.05, 0.1) is 54.1 Å². The first-order valence-electron chi connectivity index (χ1n) is 25.7. The number of amides is 6. The molecule has 0 saturated carbocycles. The summed E-state index contributed by atoms with van der Waals surface area (Å²) in [6, 6.07) is 17.3. The van der Waals surface area contributed by atoms with Crippen LogP contribution in [0.5, 0.6) is 11.5 Å². The quantitative estimate of drug-likeness (QED) is 0.0953. The summed E-state index contributed by atoms with van der Waals surface area (Å²) in [5.74, 6) is -0.156. The lowest BCUT2D eigenvalue weighted by Crippen LogP contribution is -2.70. The number of piperazine rings is 4. The van der Waals surface area contributed by atoms with Gasteiger partial charge in [0, 0.05) is 94.4 Å². The lowest BCUT2D eigenvalue weighted by Gasteiger charge is -2.52. The summed E-state index contributed by atoms with van der Waals surface area (Å²) in [6.07, 6.45) is 5.34. The zero-order chi connectivity index (χ0) is 57.5. The van der Waals surface area contributed by atoms with E-state index in [0.29, 0.717) is 104 Å². The topological polar surface area (TPSA) is 206 Å². The summed E-state index contributed by atoms with van der Waals surface area (Å²) in [7, 11) is 2.98. The molecule has 6 amide bonds. The van der Waals surface area contributed by atoms with Crippen LogP contribution in [0.3, 0.4) is 0 Å². The molecule has 5 N–H and O–H groups in total. The van der Waals surface area contributed by atoms with Crippen LogP contribution in [0.25, 0.3) is 12.2 Å². The van der Waals surface area contributed by atoms with Crippen molar-refractivity contribution in [3.05, 3.63) is 129 Å². The van der Waals surface area contributed by atoms with E-state index in [1.54, 1.807) is 69.3 Å². The van der Waals surface area contributed by atoms with Crippen molar-refractivity contribution in [2.24, 2.45) is 5.73 Å². The number of nitrogens with one attached hydrogen (secondary N) is 1. The molecule has 4 atom stereocenters. The minimum atomic E-state index is -0.777. The maximum atomic E-state index is 13.6. The Morgan fingerprint density at radius 1 is 0.595 bits per heavy atom. The second-order valence-electron chi connectivity index (χ2n) is 21.9. The summed E-state index contributed by atoms with van der Waals surface area (Å²) in [5.41, 5.74) is 14.0. The molecule has 0 aromatic heterocycles. The van der Waals surface area contributed by atoms with Gasteiger partial charge >= 0.3 is 18.2 Å². The van der Waals surface area contributed by atoms with Crippen molar-refractivity contribution in [1.29, 1.82) is 0 Å². The number of primary amides is 1. The molecule has 424 valence electrons. The van der Waals surface area contributed by atoms with Gasteiger partial charge in [-0.2, -0.15) is 0 Å². The number of anilines is 2. The third kappa shape index (κ3) is 16.0. The Morgan fingerprint density at radius 3 is 1.33 bits per heavy atom. The van der Waals surface area contributed by atoms with Crippen LogP contribution in [0, 0.1) is 11.6 Å². The maximum Gasteiger partial charge on any atom is 0.410 e. The van der Waals surface area contributed by atoms with Crippen molar-refractivity contribution in [2.75, 3.05) is 77.6 Å². The van der Waals surface area contributed by atoms with E-state index in [0.717, 1.165) is 11.1 Å². The molecule has 0 radical (unpaired) electrons. The smallest absolute Gasteiger partial charge is 0.410 e. The van der Waals surface area contributed by atoms with Gasteiger partial charge < -0.3 is 55.3 Å². The highest BCUT2D eigenvalue weighted by Gasteiger charge is 2.46. The minimum Gasteiger partial charge on any atom is -0.495 e. The molecule has 0 spiro atoms. The summed E-state index contributed by atoms with van der Waals surface area (Å²) in [4.78, 5) is 75.8. The molecule has 4 fully saturated rings. The third-order valence-electron chi connectivity index (χ3n) is 13.4. The Morgan fingerprint density at radius 2 is 0.962 bits per heavy atom. The van der Waals surface area contributed by atoms with Gasteiger partial charge in [0.2, 0.25) is 11.8 Å². The highest BCUT2D eigenvalue weighted by molar-refractivity contribution is 6.33. The predicted octanol–water partition coefficient (Wildman–Crippen LogP) is 8.74. The molecule has 4 aromatic rings. The van der Waals surface area contributed by atoms with Gasteiger partial charge in [-0.05, 0) is 113 Å². The van der Waals surface area contributed by atoms with Gasteiger partial charge in [-0.25, -0.2) is 23.2 Å². The minimum absolute atomic E-state index is 0.168. The second-order valence-corrected chi connectivity index (χ2v) is 22.7. The Bertz CT molecular complexity index is 2900. The zero-order valence-corrected chi connectivity index (χ0v) is 47.2. The van der Waals surface area contributed by atoms with Gasteiger partial charge in [-0.3, -0.25) is 19.4 Å². The maximum absolute atomic E-state index is 13.6. The number of hydrogen-bond acceptors (Lipinski definition) is 12. The molecular formula is C57H69Cl2F2N9O9. The van der Waals surface area contributed by atoms with E-state index < -0.39 is 23.3 Å². The number of urea groups is 1. The first-order valence-corrected chi connectivity index (χ1v) is 26.5. The summed E-state index contributed by atoms with van der Waals surface area (Å²) in [5, 5.41) is 3.18.